The van der Waals surface area contributed by atoms with E-state index in [2.05, 4.69) is 9.97 Å². The number of pyridine rings is 1. The maximum atomic E-state index is 13.1. The van der Waals surface area contributed by atoms with E-state index in [0.717, 1.165) is 5.56 Å². The largest absolute Gasteiger partial charge is 0.496 e. The van der Waals surface area contributed by atoms with E-state index in [1.54, 1.807) is 38.0 Å². The Morgan fingerprint density at radius 2 is 1.91 bits per heavy atom. The van der Waals surface area contributed by atoms with Gasteiger partial charge in [-0.2, -0.15) is 0 Å². The van der Waals surface area contributed by atoms with Crippen molar-refractivity contribution >= 4 is 33.4 Å². The molecule has 0 aliphatic heterocycles. The third kappa shape index (κ3) is 3.80. The van der Waals surface area contributed by atoms with Crippen LogP contribution in [-0.2, 0) is 6.54 Å². The Morgan fingerprint density at radius 1 is 1.17 bits per heavy atom. The number of benzene rings is 2. The van der Waals surface area contributed by atoms with Crippen LogP contribution in [0.3, 0.4) is 0 Å². The maximum absolute atomic E-state index is 13.1. The topological polar surface area (TPSA) is 134 Å². The Labute approximate surface area is 200 Å². The number of methoxy groups -OCH3 is 1. The molecule has 2 aromatic carbocycles. The molecule has 9 nitrogen and oxygen atoms in total. The van der Waals surface area contributed by atoms with Gasteiger partial charge in [-0.1, -0.05) is 30.3 Å². The van der Waals surface area contributed by atoms with E-state index in [0.29, 0.717) is 62.7 Å². The van der Waals surface area contributed by atoms with Crippen LogP contribution in [0.5, 0.6) is 5.75 Å². The zero-order valence-electron chi connectivity index (χ0n) is 19.5. The van der Waals surface area contributed by atoms with E-state index in [-0.39, 0.29) is 0 Å². The SMILES string of the molecule is COc1cc2c(cc1C(C(C)=N)C(C)=N)nc(-c1cnc[nH]1)c1oc(=O)n(Cc3ccccc3)c12. The zero-order chi connectivity index (χ0) is 24.7. The molecule has 3 heterocycles. The van der Waals surface area contributed by atoms with Gasteiger partial charge in [-0.15, -0.1) is 0 Å². The number of ether oxygens (including phenoxy) is 1. The van der Waals surface area contributed by atoms with Gasteiger partial charge >= 0.3 is 5.76 Å². The van der Waals surface area contributed by atoms with Crippen molar-refractivity contribution in [2.45, 2.75) is 26.3 Å². The van der Waals surface area contributed by atoms with Gasteiger partial charge in [-0.05, 0) is 31.5 Å². The fourth-order valence-electron chi connectivity index (χ4n) is 4.54. The zero-order valence-corrected chi connectivity index (χ0v) is 19.5. The Kier molecular flexibility index (Phi) is 5.52. The fourth-order valence-corrected chi connectivity index (χ4v) is 4.54. The van der Waals surface area contributed by atoms with Crippen LogP contribution in [0.1, 0.15) is 30.9 Å². The Bertz CT molecular complexity index is 1620. The first-order valence-electron chi connectivity index (χ1n) is 11.1. The molecule has 0 saturated carbocycles. The number of nitrogens with zero attached hydrogens (tertiary/aromatic N) is 3. The fraction of sp³-hybridized carbons (Fsp3) is 0.192. The number of hydrogen-bond donors (Lipinski definition) is 3. The molecule has 0 fully saturated rings. The molecule has 0 aliphatic carbocycles. The summed E-state index contributed by atoms with van der Waals surface area (Å²) in [5.41, 5.74) is 4.87. The van der Waals surface area contributed by atoms with E-state index >= 15 is 0 Å². The maximum Gasteiger partial charge on any atom is 0.420 e. The number of H-pyrrole nitrogens is 1. The van der Waals surface area contributed by atoms with Crippen LogP contribution >= 0.6 is 0 Å². The smallest absolute Gasteiger partial charge is 0.420 e. The minimum absolute atomic E-state index is 0.320. The average Bonchev–Trinajstić information content (AvgIpc) is 3.47. The highest BCUT2D eigenvalue weighted by molar-refractivity contribution is 6.11. The van der Waals surface area contributed by atoms with Gasteiger partial charge in [0.2, 0.25) is 0 Å². The molecule has 3 aromatic heterocycles. The quantitative estimate of drug-likeness (QED) is 0.296. The second kappa shape index (κ2) is 8.68. The molecule has 0 amide bonds. The summed E-state index contributed by atoms with van der Waals surface area (Å²) in [5, 5.41) is 17.2. The molecule has 5 aromatic rings. The van der Waals surface area contributed by atoms with Crippen LogP contribution in [0, 0.1) is 10.8 Å². The number of aromatic nitrogens is 4. The van der Waals surface area contributed by atoms with Crippen LogP contribution in [0.15, 0.2) is 64.2 Å². The minimum Gasteiger partial charge on any atom is -0.496 e. The normalized spacial score (nSPS) is 12.2. The van der Waals surface area contributed by atoms with Crippen LogP contribution in [-0.4, -0.2) is 38.1 Å². The molecular weight excluding hydrogens is 444 g/mol. The van der Waals surface area contributed by atoms with Crippen molar-refractivity contribution in [1.29, 1.82) is 10.8 Å². The van der Waals surface area contributed by atoms with Gasteiger partial charge < -0.3 is 25.0 Å². The number of nitrogens with one attached hydrogen (secondary N) is 3. The lowest BCUT2D eigenvalue weighted by Crippen LogP contribution is -2.17. The van der Waals surface area contributed by atoms with Gasteiger partial charge in [0.25, 0.3) is 0 Å². The highest BCUT2D eigenvalue weighted by Crippen LogP contribution is 2.37. The van der Waals surface area contributed by atoms with Crippen LogP contribution in [0.2, 0.25) is 0 Å². The number of aromatic amines is 1. The van der Waals surface area contributed by atoms with Crippen LogP contribution < -0.4 is 10.5 Å². The van der Waals surface area contributed by atoms with E-state index in [1.807, 2.05) is 42.5 Å². The molecule has 0 bridgehead atoms. The van der Waals surface area contributed by atoms with E-state index in [9.17, 15) is 4.79 Å². The molecule has 3 N–H and O–H groups in total. The second-order valence-corrected chi connectivity index (χ2v) is 8.45. The van der Waals surface area contributed by atoms with E-state index in [1.165, 1.54) is 0 Å². The Morgan fingerprint density at radius 3 is 2.54 bits per heavy atom. The summed E-state index contributed by atoms with van der Waals surface area (Å²) in [5.74, 6) is -0.526. The lowest BCUT2D eigenvalue weighted by molar-refractivity contribution is 0.411. The standard InChI is InChI=1S/C26H24N6O3/c1-14(27)22(15(2)28)18-9-19-17(10-21(18)34-3)24-25(23(31-19)20-11-29-13-30-20)35-26(33)32(24)12-16-7-5-4-6-8-16/h4-11,13,22,27-28H,12H2,1-3H3,(H,29,30). The third-order valence-electron chi connectivity index (χ3n) is 6.06. The van der Waals surface area contributed by atoms with Crippen molar-refractivity contribution in [3.8, 4) is 17.1 Å². The number of hydrogen-bond acceptors (Lipinski definition) is 7. The second-order valence-electron chi connectivity index (χ2n) is 8.45. The molecule has 0 spiro atoms. The van der Waals surface area contributed by atoms with Crippen molar-refractivity contribution in [3.63, 3.8) is 0 Å². The minimum atomic E-state index is -0.543. The number of oxazole rings is 1. The highest BCUT2D eigenvalue weighted by atomic mass is 16.5. The summed E-state index contributed by atoms with van der Waals surface area (Å²) in [6.07, 6.45) is 3.16. The Balaban J connectivity index is 1.88. The molecule has 9 heteroatoms. The van der Waals surface area contributed by atoms with Crippen molar-refractivity contribution in [3.05, 3.63) is 76.7 Å². The summed E-state index contributed by atoms with van der Waals surface area (Å²) in [4.78, 5) is 25.1. The molecule has 0 radical (unpaired) electrons. The third-order valence-corrected chi connectivity index (χ3v) is 6.06. The first-order chi connectivity index (χ1) is 16.9. The van der Waals surface area contributed by atoms with Crippen molar-refractivity contribution < 1.29 is 9.15 Å². The summed E-state index contributed by atoms with van der Waals surface area (Å²) >= 11 is 0. The van der Waals surface area contributed by atoms with Gasteiger partial charge in [-0.25, -0.2) is 14.8 Å². The molecule has 0 unspecified atom stereocenters. The summed E-state index contributed by atoms with van der Waals surface area (Å²) in [6.45, 7) is 3.67. The summed E-state index contributed by atoms with van der Waals surface area (Å²) in [7, 11) is 1.55. The predicted molar refractivity (Wildman–Crippen MR) is 135 cm³/mol. The van der Waals surface area contributed by atoms with Crippen molar-refractivity contribution in [2.24, 2.45) is 0 Å². The van der Waals surface area contributed by atoms with Gasteiger partial charge in [0.1, 0.15) is 17.0 Å². The molecule has 0 atom stereocenters. The lowest BCUT2D eigenvalue weighted by atomic mass is 9.89. The first-order valence-corrected chi connectivity index (χ1v) is 11.1. The van der Waals surface area contributed by atoms with Crippen LogP contribution in [0.4, 0.5) is 0 Å². The monoisotopic (exact) mass is 468 g/mol. The molecule has 0 saturated heterocycles. The highest BCUT2D eigenvalue weighted by Gasteiger charge is 2.25. The van der Waals surface area contributed by atoms with E-state index < -0.39 is 11.7 Å². The van der Waals surface area contributed by atoms with Gasteiger partial charge in [-0.3, -0.25) is 4.57 Å². The first kappa shape index (κ1) is 22.3. The predicted octanol–water partition coefficient (Wildman–Crippen LogP) is 4.75. The molecule has 176 valence electrons. The van der Waals surface area contributed by atoms with Crippen LogP contribution in [0.25, 0.3) is 33.4 Å². The molecule has 0 aliphatic rings. The molecular formula is C26H24N6O3. The van der Waals surface area contributed by atoms with Gasteiger partial charge in [0, 0.05) is 22.4 Å². The van der Waals surface area contributed by atoms with E-state index in [4.69, 9.17) is 25.0 Å². The average molecular weight is 469 g/mol. The summed E-state index contributed by atoms with van der Waals surface area (Å²) in [6, 6.07) is 13.3. The number of imidazole rings is 1. The molecule has 35 heavy (non-hydrogen) atoms. The van der Waals surface area contributed by atoms with Gasteiger partial charge in [0.15, 0.2) is 5.58 Å². The lowest BCUT2D eigenvalue weighted by Gasteiger charge is -2.19. The molecule has 5 rings (SSSR count). The number of rotatable bonds is 7. The number of fused-ring (bicyclic) bond motifs is 3. The summed E-state index contributed by atoms with van der Waals surface area (Å²) < 4.78 is 13.0. The van der Waals surface area contributed by atoms with Crippen molar-refractivity contribution in [2.75, 3.05) is 7.11 Å². The van der Waals surface area contributed by atoms with Crippen molar-refractivity contribution in [1.82, 2.24) is 19.5 Å². The Hall–Kier alpha value is -4.53. The van der Waals surface area contributed by atoms with Gasteiger partial charge in [0.05, 0.1) is 43.3 Å².